The van der Waals surface area contributed by atoms with Crippen molar-refractivity contribution in [3.05, 3.63) is 108 Å². The third-order valence-electron chi connectivity index (χ3n) is 5.39. The number of rotatable bonds is 7. The molecular formula is C27H24O6S2. The van der Waals surface area contributed by atoms with Crippen LogP contribution in [0.15, 0.2) is 91.0 Å². The minimum Gasteiger partial charge on any atom is -0.452 e. The van der Waals surface area contributed by atoms with Gasteiger partial charge < -0.3 is 14.2 Å². The molecule has 1 saturated heterocycles. The zero-order valence-electron chi connectivity index (χ0n) is 18.9. The second kappa shape index (κ2) is 12.2. The summed E-state index contributed by atoms with van der Waals surface area (Å²) in [5, 5.41) is -1.39. The van der Waals surface area contributed by atoms with Crippen molar-refractivity contribution in [2.24, 2.45) is 0 Å². The molecule has 180 valence electrons. The van der Waals surface area contributed by atoms with Crippen LogP contribution in [-0.4, -0.2) is 52.8 Å². The first kappa shape index (κ1) is 25.2. The molecule has 1 aliphatic rings. The average Bonchev–Trinajstić information content (AvgIpc) is 2.91. The monoisotopic (exact) mass is 508 g/mol. The smallest absolute Gasteiger partial charge is 0.338 e. The Morgan fingerprint density at radius 3 is 1.74 bits per heavy atom. The van der Waals surface area contributed by atoms with Crippen molar-refractivity contribution in [1.82, 2.24) is 0 Å². The standard InChI is InChI=1S/C27H24O6S2/c1-31-27-22(33-24(28)18-11-5-2-6-12-18)23(35-26(30)20-15-9-4-10-16-20)21(17-32-27)34-25(29)19-13-7-3-8-14-19/h2-16,21-23,27H,17H2,1H3/t21-,22+,23-,27-/m1/s1. The summed E-state index contributed by atoms with van der Waals surface area (Å²) in [4.78, 5) is 39.1. The van der Waals surface area contributed by atoms with Crippen molar-refractivity contribution in [3.8, 4) is 0 Å². The lowest BCUT2D eigenvalue weighted by Gasteiger charge is -2.40. The van der Waals surface area contributed by atoms with E-state index in [9.17, 15) is 14.4 Å². The maximum Gasteiger partial charge on any atom is 0.338 e. The van der Waals surface area contributed by atoms with E-state index in [1.807, 2.05) is 12.1 Å². The zero-order valence-corrected chi connectivity index (χ0v) is 20.6. The molecule has 0 spiro atoms. The number of methoxy groups -OCH3 is 1. The predicted octanol–water partition coefficient (Wildman–Crippen LogP) is 5.10. The average molecular weight is 509 g/mol. The fourth-order valence-corrected chi connectivity index (χ4v) is 6.01. The SMILES string of the molecule is CO[C@@H]1OC[C@@H](SC(=O)c2ccccc2)[C@@H](SC(=O)c2ccccc2)[C@@H]1OC(=O)c1ccccc1. The van der Waals surface area contributed by atoms with Gasteiger partial charge in [0.05, 0.1) is 22.7 Å². The summed E-state index contributed by atoms with van der Waals surface area (Å²) >= 11 is 2.11. The molecule has 6 nitrogen and oxygen atoms in total. The summed E-state index contributed by atoms with van der Waals surface area (Å²) in [5.74, 6) is -0.556. The van der Waals surface area contributed by atoms with Gasteiger partial charge in [0.15, 0.2) is 12.4 Å². The van der Waals surface area contributed by atoms with Crippen molar-refractivity contribution in [1.29, 1.82) is 0 Å². The Morgan fingerprint density at radius 2 is 1.23 bits per heavy atom. The van der Waals surface area contributed by atoms with Crippen LogP contribution in [0.2, 0.25) is 0 Å². The Kier molecular flexibility index (Phi) is 8.76. The maximum absolute atomic E-state index is 13.2. The Morgan fingerprint density at radius 1 is 0.743 bits per heavy atom. The van der Waals surface area contributed by atoms with Crippen LogP contribution < -0.4 is 0 Å². The van der Waals surface area contributed by atoms with Gasteiger partial charge in [0.1, 0.15) is 0 Å². The van der Waals surface area contributed by atoms with E-state index < -0.39 is 28.9 Å². The van der Waals surface area contributed by atoms with Crippen molar-refractivity contribution in [3.63, 3.8) is 0 Å². The first-order chi connectivity index (χ1) is 17.1. The van der Waals surface area contributed by atoms with Crippen LogP contribution in [0.4, 0.5) is 0 Å². The highest BCUT2D eigenvalue weighted by atomic mass is 32.2. The molecule has 0 radical (unpaired) electrons. The number of benzene rings is 3. The molecule has 1 heterocycles. The largest absolute Gasteiger partial charge is 0.452 e. The molecule has 1 aliphatic heterocycles. The van der Waals surface area contributed by atoms with Gasteiger partial charge in [0, 0.05) is 18.2 Å². The normalized spacial score (nSPS) is 21.7. The van der Waals surface area contributed by atoms with E-state index in [0.29, 0.717) is 16.7 Å². The first-order valence-corrected chi connectivity index (χ1v) is 12.7. The Hall–Kier alpha value is -2.91. The fraction of sp³-hybridized carbons (Fsp3) is 0.222. The molecule has 0 saturated carbocycles. The van der Waals surface area contributed by atoms with Crippen LogP contribution in [0.5, 0.6) is 0 Å². The number of carbonyl (C=O) groups is 3. The quantitative estimate of drug-likeness (QED) is 0.408. The van der Waals surface area contributed by atoms with Gasteiger partial charge >= 0.3 is 5.97 Å². The highest BCUT2D eigenvalue weighted by Crippen LogP contribution is 2.38. The number of hydrogen-bond donors (Lipinski definition) is 0. The molecule has 0 bridgehead atoms. The van der Waals surface area contributed by atoms with E-state index in [1.54, 1.807) is 78.9 Å². The summed E-state index contributed by atoms with van der Waals surface area (Å²) in [5.41, 5.74) is 1.43. The highest BCUT2D eigenvalue weighted by molar-refractivity contribution is 8.18. The minimum atomic E-state index is -0.916. The number of carbonyl (C=O) groups excluding carboxylic acids is 3. The van der Waals surface area contributed by atoms with Gasteiger partial charge in [-0.1, -0.05) is 102 Å². The molecule has 4 rings (SSSR count). The van der Waals surface area contributed by atoms with Gasteiger partial charge in [-0.3, -0.25) is 9.59 Å². The van der Waals surface area contributed by atoms with Crippen molar-refractivity contribution in [2.45, 2.75) is 22.9 Å². The number of hydrogen-bond acceptors (Lipinski definition) is 8. The summed E-state index contributed by atoms with van der Waals surface area (Å²) in [6.07, 6.45) is -1.80. The van der Waals surface area contributed by atoms with Gasteiger partial charge in [-0.15, -0.1) is 0 Å². The summed E-state index contributed by atoms with van der Waals surface area (Å²) in [6.45, 7) is 0.154. The molecule has 0 aliphatic carbocycles. The third-order valence-corrected chi connectivity index (χ3v) is 8.06. The van der Waals surface area contributed by atoms with Gasteiger partial charge in [0.25, 0.3) is 0 Å². The predicted molar refractivity (Wildman–Crippen MR) is 137 cm³/mol. The van der Waals surface area contributed by atoms with Crippen LogP contribution in [-0.2, 0) is 14.2 Å². The van der Waals surface area contributed by atoms with Crippen molar-refractivity contribution >= 4 is 39.7 Å². The van der Waals surface area contributed by atoms with Gasteiger partial charge in [-0.2, -0.15) is 0 Å². The molecule has 4 atom stereocenters. The topological polar surface area (TPSA) is 78.9 Å². The molecule has 3 aromatic rings. The van der Waals surface area contributed by atoms with Crippen LogP contribution >= 0.6 is 23.5 Å². The second-order valence-corrected chi connectivity index (χ2v) is 10.1. The Bertz CT molecular complexity index is 1140. The number of esters is 1. The molecule has 0 amide bonds. The van der Waals surface area contributed by atoms with Gasteiger partial charge in [-0.25, -0.2) is 4.79 Å². The van der Waals surface area contributed by atoms with E-state index in [1.165, 1.54) is 7.11 Å². The summed E-state index contributed by atoms with van der Waals surface area (Å²) in [6, 6.07) is 26.3. The van der Waals surface area contributed by atoms with Crippen molar-refractivity contribution < 1.29 is 28.6 Å². The lowest BCUT2D eigenvalue weighted by Crippen LogP contribution is -2.53. The number of thioether (sulfide) groups is 2. The maximum atomic E-state index is 13.2. The fourth-order valence-electron chi connectivity index (χ4n) is 3.63. The summed E-state index contributed by atoms with van der Waals surface area (Å²) < 4.78 is 17.2. The number of ether oxygens (including phenoxy) is 3. The van der Waals surface area contributed by atoms with Crippen LogP contribution in [0.3, 0.4) is 0 Å². The molecular weight excluding hydrogens is 484 g/mol. The Balaban J connectivity index is 1.62. The molecule has 0 unspecified atom stereocenters. The third kappa shape index (κ3) is 6.41. The lowest BCUT2D eigenvalue weighted by atomic mass is 10.1. The van der Waals surface area contributed by atoms with E-state index in [4.69, 9.17) is 14.2 Å². The van der Waals surface area contributed by atoms with Crippen LogP contribution in [0.1, 0.15) is 31.1 Å². The van der Waals surface area contributed by atoms with Gasteiger partial charge in [0.2, 0.25) is 10.2 Å². The van der Waals surface area contributed by atoms with Crippen LogP contribution in [0, 0.1) is 0 Å². The van der Waals surface area contributed by atoms with Crippen molar-refractivity contribution in [2.75, 3.05) is 13.7 Å². The molecule has 0 N–H and O–H groups in total. The van der Waals surface area contributed by atoms with E-state index in [-0.39, 0.29) is 16.8 Å². The molecule has 0 aromatic heterocycles. The molecule has 3 aromatic carbocycles. The molecule has 1 fully saturated rings. The molecule has 8 heteroatoms. The van der Waals surface area contributed by atoms with E-state index >= 15 is 0 Å². The lowest BCUT2D eigenvalue weighted by molar-refractivity contribution is -0.197. The summed E-state index contributed by atoms with van der Waals surface area (Å²) in [7, 11) is 1.46. The van der Waals surface area contributed by atoms with E-state index in [2.05, 4.69) is 0 Å². The van der Waals surface area contributed by atoms with E-state index in [0.717, 1.165) is 23.5 Å². The zero-order chi connectivity index (χ0) is 24.6. The second-order valence-electron chi connectivity index (χ2n) is 7.72. The highest BCUT2D eigenvalue weighted by Gasteiger charge is 2.46. The molecule has 35 heavy (non-hydrogen) atoms. The minimum absolute atomic E-state index is 0.152. The van der Waals surface area contributed by atoms with Gasteiger partial charge in [-0.05, 0) is 12.1 Å². The van der Waals surface area contributed by atoms with Crippen LogP contribution in [0.25, 0.3) is 0 Å². The first-order valence-electron chi connectivity index (χ1n) is 11.0. The Labute approximate surface area is 212 Å².